The fraction of sp³-hybridized carbons (Fsp3) is 0.0385. The normalized spacial score (nSPS) is 11.2. The van der Waals surface area contributed by atoms with Crippen LogP contribution in [0.1, 0.15) is 43.5 Å². The van der Waals surface area contributed by atoms with Crippen molar-refractivity contribution in [2.45, 2.75) is 6.92 Å². The van der Waals surface area contributed by atoms with Crippen LogP contribution in [0.15, 0.2) is 72.9 Å². The van der Waals surface area contributed by atoms with Crippen molar-refractivity contribution < 1.29 is 9.59 Å². The molecule has 1 amide bonds. The molecule has 5 aromatic rings. The first-order chi connectivity index (χ1) is 16.6. The Morgan fingerprint density at radius 2 is 1.76 bits per heavy atom. The molecule has 0 fully saturated rings. The van der Waals surface area contributed by atoms with Crippen molar-refractivity contribution in [3.05, 3.63) is 107 Å². The highest BCUT2D eigenvalue weighted by Crippen LogP contribution is 2.22. The maximum atomic E-state index is 13.1. The van der Waals surface area contributed by atoms with E-state index in [1.54, 1.807) is 48.7 Å². The summed E-state index contributed by atoms with van der Waals surface area (Å²) in [5.41, 5.74) is 4.92. The minimum atomic E-state index is -0.348. The number of nitrogens with zero attached hydrogens (tertiary/aromatic N) is 3. The maximum absolute atomic E-state index is 13.1. The van der Waals surface area contributed by atoms with Gasteiger partial charge in [-0.15, -0.1) is 0 Å². The Bertz CT molecular complexity index is 1530. The van der Waals surface area contributed by atoms with Gasteiger partial charge in [-0.3, -0.25) is 24.8 Å². The van der Waals surface area contributed by atoms with Crippen LogP contribution in [0.5, 0.6) is 0 Å². The largest absolute Gasteiger partial charge is 0.321 e. The lowest BCUT2D eigenvalue weighted by Gasteiger charge is -2.06. The summed E-state index contributed by atoms with van der Waals surface area (Å²) in [6.45, 7) is 1.82. The second-order valence-electron chi connectivity index (χ2n) is 7.76. The number of ketones is 1. The van der Waals surface area contributed by atoms with E-state index in [2.05, 4.69) is 30.7 Å². The number of fused-ring (bicyclic) bond motifs is 1. The van der Waals surface area contributed by atoms with Crippen LogP contribution in [0.2, 0.25) is 0 Å². The minimum absolute atomic E-state index is 0.159. The van der Waals surface area contributed by atoms with Crippen LogP contribution in [0.3, 0.4) is 0 Å². The molecule has 166 valence electrons. The lowest BCUT2D eigenvalue weighted by atomic mass is 10.0. The number of aromatic nitrogens is 5. The SMILES string of the molecule is Cc1cc(C(=O)Nc2cccc(C(=O)c3ccc4c(/C=C/c5ccccn5)n[nH]c4c3)c2)n[nH]1. The van der Waals surface area contributed by atoms with Crippen molar-refractivity contribution in [1.82, 2.24) is 25.4 Å². The summed E-state index contributed by atoms with van der Waals surface area (Å²) >= 11 is 0. The monoisotopic (exact) mass is 448 g/mol. The highest BCUT2D eigenvalue weighted by Gasteiger charge is 2.14. The Kier molecular flexibility index (Phi) is 5.53. The van der Waals surface area contributed by atoms with E-state index < -0.39 is 0 Å². The van der Waals surface area contributed by atoms with E-state index in [4.69, 9.17) is 0 Å². The first kappa shape index (κ1) is 21.0. The van der Waals surface area contributed by atoms with Gasteiger partial charge in [-0.1, -0.05) is 24.3 Å². The molecule has 3 aromatic heterocycles. The second-order valence-corrected chi connectivity index (χ2v) is 7.76. The molecule has 0 saturated heterocycles. The van der Waals surface area contributed by atoms with Crippen molar-refractivity contribution in [3.63, 3.8) is 0 Å². The second kappa shape index (κ2) is 8.95. The molecule has 5 rings (SSSR count). The number of aryl methyl sites for hydroxylation is 1. The molecule has 0 radical (unpaired) electrons. The number of hydrogen-bond donors (Lipinski definition) is 3. The molecule has 0 unspecified atom stereocenters. The van der Waals surface area contributed by atoms with Crippen molar-refractivity contribution >= 4 is 40.4 Å². The lowest BCUT2D eigenvalue weighted by molar-refractivity contribution is 0.101. The van der Waals surface area contributed by atoms with Crippen molar-refractivity contribution in [2.24, 2.45) is 0 Å². The standard InChI is InChI=1S/C26H20N6O2/c1-16-13-24(32-29-16)26(34)28-20-7-4-5-17(14-20)25(33)18-8-10-21-22(30-31-23(21)15-18)11-9-19-6-2-3-12-27-19/h2-15H,1H3,(H,28,34)(H,29,32)(H,30,31)/b11-9+. The summed E-state index contributed by atoms with van der Waals surface area (Å²) in [5, 5.41) is 17.7. The average Bonchev–Trinajstić information content (AvgIpc) is 3.49. The van der Waals surface area contributed by atoms with Gasteiger partial charge in [-0.05, 0) is 61.5 Å². The van der Waals surface area contributed by atoms with Gasteiger partial charge >= 0.3 is 0 Å². The van der Waals surface area contributed by atoms with Gasteiger partial charge in [0.15, 0.2) is 11.5 Å². The number of carbonyl (C=O) groups is 2. The molecule has 0 aliphatic carbocycles. The maximum Gasteiger partial charge on any atom is 0.276 e. The Morgan fingerprint density at radius 1 is 0.882 bits per heavy atom. The zero-order valence-corrected chi connectivity index (χ0v) is 18.2. The molecular formula is C26H20N6O2. The fourth-order valence-corrected chi connectivity index (χ4v) is 3.58. The number of amides is 1. The predicted octanol–water partition coefficient (Wildman–Crippen LogP) is 4.64. The van der Waals surface area contributed by atoms with Crippen LogP contribution in [-0.4, -0.2) is 37.1 Å². The van der Waals surface area contributed by atoms with Crippen LogP contribution in [0.25, 0.3) is 23.1 Å². The van der Waals surface area contributed by atoms with Crippen LogP contribution >= 0.6 is 0 Å². The molecule has 3 heterocycles. The average molecular weight is 448 g/mol. The van der Waals surface area contributed by atoms with Crippen LogP contribution < -0.4 is 5.32 Å². The summed E-state index contributed by atoms with van der Waals surface area (Å²) in [6.07, 6.45) is 5.51. The molecule has 3 N–H and O–H groups in total. The number of nitrogens with one attached hydrogen (secondary N) is 3. The molecule has 8 heteroatoms. The number of H-pyrrole nitrogens is 2. The Balaban J connectivity index is 1.36. The molecule has 0 spiro atoms. The predicted molar refractivity (Wildman–Crippen MR) is 130 cm³/mol. The summed E-state index contributed by atoms with van der Waals surface area (Å²) in [7, 11) is 0. The van der Waals surface area contributed by atoms with Gasteiger partial charge in [0.25, 0.3) is 5.91 Å². The minimum Gasteiger partial charge on any atom is -0.321 e. The van der Waals surface area contributed by atoms with Gasteiger partial charge in [0.2, 0.25) is 0 Å². The summed E-state index contributed by atoms with van der Waals surface area (Å²) < 4.78 is 0. The fourth-order valence-electron chi connectivity index (χ4n) is 3.58. The molecule has 0 bridgehead atoms. The molecule has 0 aliphatic rings. The van der Waals surface area contributed by atoms with Crippen LogP contribution in [0, 0.1) is 6.92 Å². The summed E-state index contributed by atoms with van der Waals surface area (Å²) in [4.78, 5) is 29.8. The Hall–Kier alpha value is -4.85. The number of aromatic amines is 2. The molecular weight excluding hydrogens is 428 g/mol. The highest BCUT2D eigenvalue weighted by molar-refractivity contribution is 6.11. The van der Waals surface area contributed by atoms with E-state index in [1.165, 1.54) is 0 Å². The van der Waals surface area contributed by atoms with Crippen LogP contribution in [-0.2, 0) is 0 Å². The number of benzene rings is 2. The Labute approximate surface area is 194 Å². The third-order valence-corrected chi connectivity index (χ3v) is 5.28. The molecule has 0 aliphatic heterocycles. The smallest absolute Gasteiger partial charge is 0.276 e. The molecule has 2 aromatic carbocycles. The summed E-state index contributed by atoms with van der Waals surface area (Å²) in [6, 6.07) is 19.6. The van der Waals surface area contributed by atoms with Crippen molar-refractivity contribution in [3.8, 4) is 0 Å². The van der Waals surface area contributed by atoms with E-state index in [9.17, 15) is 9.59 Å². The first-order valence-electron chi connectivity index (χ1n) is 10.6. The molecule has 0 atom stereocenters. The van der Waals surface area contributed by atoms with Gasteiger partial charge in [0.05, 0.1) is 16.9 Å². The third-order valence-electron chi connectivity index (χ3n) is 5.28. The number of pyridine rings is 1. The van der Waals surface area contributed by atoms with Gasteiger partial charge in [-0.2, -0.15) is 10.2 Å². The van der Waals surface area contributed by atoms with E-state index in [1.807, 2.05) is 43.3 Å². The van der Waals surface area contributed by atoms with E-state index in [0.29, 0.717) is 16.8 Å². The van der Waals surface area contributed by atoms with Gasteiger partial charge < -0.3 is 5.32 Å². The third kappa shape index (κ3) is 4.37. The number of carbonyl (C=O) groups excluding carboxylic acids is 2. The van der Waals surface area contributed by atoms with Gasteiger partial charge in [-0.25, -0.2) is 0 Å². The molecule has 8 nitrogen and oxygen atoms in total. The summed E-state index contributed by atoms with van der Waals surface area (Å²) in [5.74, 6) is -0.507. The lowest BCUT2D eigenvalue weighted by Crippen LogP contribution is -2.13. The first-order valence-corrected chi connectivity index (χ1v) is 10.6. The number of anilines is 1. The van der Waals surface area contributed by atoms with Gasteiger partial charge in [0, 0.05) is 34.1 Å². The zero-order valence-electron chi connectivity index (χ0n) is 18.2. The number of hydrogen-bond acceptors (Lipinski definition) is 5. The van der Waals surface area contributed by atoms with Crippen LogP contribution in [0.4, 0.5) is 5.69 Å². The topological polar surface area (TPSA) is 116 Å². The Morgan fingerprint density at radius 3 is 2.56 bits per heavy atom. The quantitative estimate of drug-likeness (QED) is 0.327. The van der Waals surface area contributed by atoms with Crippen molar-refractivity contribution in [2.75, 3.05) is 5.32 Å². The zero-order chi connectivity index (χ0) is 23.5. The van der Waals surface area contributed by atoms with Gasteiger partial charge in [0.1, 0.15) is 0 Å². The van der Waals surface area contributed by atoms with E-state index in [-0.39, 0.29) is 17.4 Å². The van der Waals surface area contributed by atoms with Crippen molar-refractivity contribution in [1.29, 1.82) is 0 Å². The number of rotatable bonds is 6. The van der Waals surface area contributed by atoms with E-state index >= 15 is 0 Å². The molecule has 0 saturated carbocycles. The molecule has 34 heavy (non-hydrogen) atoms. The highest BCUT2D eigenvalue weighted by atomic mass is 16.2. The van der Waals surface area contributed by atoms with E-state index in [0.717, 1.165) is 28.0 Å².